The molecule has 0 unspecified atom stereocenters. The van der Waals surface area contributed by atoms with Crippen LogP contribution in [-0.4, -0.2) is 34.5 Å². The summed E-state index contributed by atoms with van der Waals surface area (Å²) in [6.45, 7) is 4.47. The molecule has 0 fully saturated rings. The standard InChI is InChI=1S/C12H17Cl2NO4S/c1-3-18-12(19-4-2)8-15-20(16,17)11-6-9(13)5-10(14)7-11/h5-7,12,15H,3-4,8H2,1-2H3. The van der Waals surface area contributed by atoms with Gasteiger partial charge in [0.25, 0.3) is 0 Å². The normalized spacial score (nSPS) is 12.1. The number of hydrogen-bond donors (Lipinski definition) is 1. The summed E-state index contributed by atoms with van der Waals surface area (Å²) in [5.74, 6) is 0. The summed E-state index contributed by atoms with van der Waals surface area (Å²) in [7, 11) is -3.72. The van der Waals surface area contributed by atoms with E-state index < -0.39 is 16.3 Å². The third-order valence-electron chi connectivity index (χ3n) is 2.29. The summed E-state index contributed by atoms with van der Waals surface area (Å²) in [5, 5.41) is 0.507. The van der Waals surface area contributed by atoms with Crippen LogP contribution in [0.2, 0.25) is 10.0 Å². The predicted molar refractivity (Wildman–Crippen MR) is 78.7 cm³/mol. The van der Waals surface area contributed by atoms with Gasteiger partial charge in [0.15, 0.2) is 6.29 Å². The first-order chi connectivity index (χ1) is 9.39. The quantitative estimate of drug-likeness (QED) is 0.738. The van der Waals surface area contributed by atoms with E-state index >= 15 is 0 Å². The number of hydrogen-bond acceptors (Lipinski definition) is 4. The second-order valence-corrected chi connectivity index (χ2v) is 6.44. The highest BCUT2D eigenvalue weighted by atomic mass is 35.5. The van der Waals surface area contributed by atoms with E-state index in [-0.39, 0.29) is 21.5 Å². The molecule has 1 aromatic rings. The van der Waals surface area contributed by atoms with E-state index in [1.165, 1.54) is 18.2 Å². The minimum Gasteiger partial charge on any atom is -0.352 e. The lowest BCUT2D eigenvalue weighted by molar-refractivity contribution is -0.130. The van der Waals surface area contributed by atoms with Crippen LogP contribution in [0.1, 0.15) is 13.8 Å². The van der Waals surface area contributed by atoms with Gasteiger partial charge in [-0.25, -0.2) is 13.1 Å². The van der Waals surface area contributed by atoms with Crippen LogP contribution in [0.3, 0.4) is 0 Å². The molecule has 0 amide bonds. The molecule has 1 rings (SSSR count). The lowest BCUT2D eigenvalue weighted by Crippen LogP contribution is -2.35. The van der Waals surface area contributed by atoms with Gasteiger partial charge in [0, 0.05) is 23.3 Å². The van der Waals surface area contributed by atoms with Crippen molar-refractivity contribution in [3.05, 3.63) is 28.2 Å². The fourth-order valence-corrected chi connectivity index (χ4v) is 3.22. The Morgan fingerprint density at radius 3 is 2.05 bits per heavy atom. The van der Waals surface area contributed by atoms with Gasteiger partial charge in [0.2, 0.25) is 10.0 Å². The van der Waals surface area contributed by atoms with E-state index in [1.54, 1.807) is 13.8 Å². The van der Waals surface area contributed by atoms with Crippen LogP contribution in [0.5, 0.6) is 0 Å². The summed E-state index contributed by atoms with van der Waals surface area (Å²) in [5.41, 5.74) is 0. The molecule has 5 nitrogen and oxygen atoms in total. The van der Waals surface area contributed by atoms with Crippen molar-refractivity contribution in [3.63, 3.8) is 0 Å². The van der Waals surface area contributed by atoms with Crippen molar-refractivity contribution in [2.24, 2.45) is 0 Å². The summed E-state index contributed by atoms with van der Waals surface area (Å²) in [6.07, 6.45) is -0.630. The van der Waals surface area contributed by atoms with Crippen LogP contribution in [-0.2, 0) is 19.5 Å². The number of benzene rings is 1. The predicted octanol–water partition coefficient (Wildman–Crippen LogP) is 2.67. The van der Waals surface area contributed by atoms with E-state index in [9.17, 15) is 8.42 Å². The molecule has 0 aliphatic carbocycles. The zero-order valence-corrected chi connectivity index (χ0v) is 13.6. The monoisotopic (exact) mass is 341 g/mol. The number of ether oxygens (including phenoxy) is 2. The molecule has 0 saturated heterocycles. The van der Waals surface area contributed by atoms with Gasteiger partial charge in [-0.05, 0) is 32.0 Å². The molecule has 0 spiro atoms. The van der Waals surface area contributed by atoms with E-state index in [1.807, 2.05) is 0 Å². The minimum absolute atomic E-state index is 0.00162. The molecule has 8 heteroatoms. The van der Waals surface area contributed by atoms with Crippen LogP contribution in [0, 0.1) is 0 Å². The lowest BCUT2D eigenvalue weighted by atomic mass is 10.4. The summed E-state index contributed by atoms with van der Waals surface area (Å²) >= 11 is 11.6. The highest BCUT2D eigenvalue weighted by Gasteiger charge is 2.18. The molecule has 0 aliphatic heterocycles. The maximum Gasteiger partial charge on any atom is 0.240 e. The Morgan fingerprint density at radius 1 is 1.10 bits per heavy atom. The highest BCUT2D eigenvalue weighted by Crippen LogP contribution is 2.22. The SMILES string of the molecule is CCOC(CNS(=O)(=O)c1cc(Cl)cc(Cl)c1)OCC. The highest BCUT2D eigenvalue weighted by molar-refractivity contribution is 7.89. The molecule has 1 N–H and O–H groups in total. The zero-order chi connectivity index (χ0) is 15.2. The third-order valence-corrected chi connectivity index (χ3v) is 4.13. The van der Waals surface area contributed by atoms with Crippen molar-refractivity contribution in [2.45, 2.75) is 25.0 Å². The molecular weight excluding hydrogens is 325 g/mol. The first-order valence-electron chi connectivity index (χ1n) is 6.08. The number of rotatable bonds is 8. The molecule has 0 atom stereocenters. The lowest BCUT2D eigenvalue weighted by Gasteiger charge is -2.17. The topological polar surface area (TPSA) is 64.6 Å². The number of nitrogens with one attached hydrogen (secondary N) is 1. The van der Waals surface area contributed by atoms with Crippen LogP contribution < -0.4 is 4.72 Å². The zero-order valence-electron chi connectivity index (χ0n) is 11.2. The van der Waals surface area contributed by atoms with E-state index in [0.717, 1.165) is 0 Å². The Kier molecular flexibility index (Phi) is 7.22. The smallest absolute Gasteiger partial charge is 0.240 e. The van der Waals surface area contributed by atoms with Crippen molar-refractivity contribution in [1.82, 2.24) is 4.72 Å². The van der Waals surface area contributed by atoms with Crippen molar-refractivity contribution in [1.29, 1.82) is 0 Å². The largest absolute Gasteiger partial charge is 0.352 e. The number of halogens is 2. The molecule has 20 heavy (non-hydrogen) atoms. The molecule has 1 aromatic carbocycles. The van der Waals surface area contributed by atoms with Gasteiger partial charge < -0.3 is 9.47 Å². The maximum absolute atomic E-state index is 12.1. The second-order valence-electron chi connectivity index (χ2n) is 3.80. The summed E-state index contributed by atoms with van der Waals surface area (Å²) in [4.78, 5) is 0.00162. The number of sulfonamides is 1. The van der Waals surface area contributed by atoms with E-state index in [2.05, 4.69) is 4.72 Å². The van der Waals surface area contributed by atoms with Crippen molar-refractivity contribution in [2.75, 3.05) is 19.8 Å². The van der Waals surface area contributed by atoms with Gasteiger partial charge in [0.05, 0.1) is 11.4 Å². The van der Waals surface area contributed by atoms with Gasteiger partial charge in [-0.2, -0.15) is 0 Å². The van der Waals surface area contributed by atoms with Crippen LogP contribution in [0.25, 0.3) is 0 Å². The van der Waals surface area contributed by atoms with Crippen molar-refractivity contribution < 1.29 is 17.9 Å². The Balaban J connectivity index is 2.78. The minimum atomic E-state index is -3.72. The molecule has 0 radical (unpaired) electrons. The Bertz CT molecular complexity index is 510. The van der Waals surface area contributed by atoms with Crippen LogP contribution in [0.15, 0.2) is 23.1 Å². The first kappa shape index (κ1) is 17.7. The molecule has 0 bridgehead atoms. The fourth-order valence-electron chi connectivity index (χ4n) is 1.48. The van der Waals surface area contributed by atoms with Gasteiger partial charge in [-0.3, -0.25) is 0 Å². The van der Waals surface area contributed by atoms with Gasteiger partial charge in [-0.1, -0.05) is 23.2 Å². The molecular formula is C12H17Cl2NO4S. The average molecular weight is 342 g/mol. The molecule has 114 valence electrons. The van der Waals surface area contributed by atoms with Gasteiger partial charge in [0.1, 0.15) is 0 Å². The summed E-state index contributed by atoms with van der Waals surface area (Å²) in [6, 6.07) is 4.11. The molecule has 0 aromatic heterocycles. The maximum atomic E-state index is 12.1. The third kappa shape index (κ3) is 5.55. The van der Waals surface area contributed by atoms with Crippen LogP contribution in [0.4, 0.5) is 0 Å². The Labute approximate surface area is 129 Å². The first-order valence-corrected chi connectivity index (χ1v) is 8.32. The molecule has 0 saturated carbocycles. The van der Waals surface area contributed by atoms with Gasteiger partial charge >= 0.3 is 0 Å². The van der Waals surface area contributed by atoms with Crippen LogP contribution >= 0.6 is 23.2 Å². The van der Waals surface area contributed by atoms with Crippen molar-refractivity contribution in [3.8, 4) is 0 Å². The Morgan fingerprint density at radius 2 is 1.60 bits per heavy atom. The molecule has 0 aliphatic rings. The van der Waals surface area contributed by atoms with E-state index in [0.29, 0.717) is 13.2 Å². The van der Waals surface area contributed by atoms with Gasteiger partial charge in [-0.15, -0.1) is 0 Å². The van der Waals surface area contributed by atoms with Crippen molar-refractivity contribution >= 4 is 33.2 Å². The average Bonchev–Trinajstić information content (AvgIpc) is 2.35. The summed E-state index contributed by atoms with van der Waals surface area (Å²) < 4.78 is 37.1. The Hall–Kier alpha value is -0.370. The fraction of sp³-hybridized carbons (Fsp3) is 0.500. The molecule has 0 heterocycles. The van der Waals surface area contributed by atoms with E-state index in [4.69, 9.17) is 32.7 Å². The second kappa shape index (κ2) is 8.17.